The third-order valence-electron chi connectivity index (χ3n) is 4.55. The zero-order valence-electron chi connectivity index (χ0n) is 16.7. The number of hydrogen-bond acceptors (Lipinski definition) is 6. The predicted molar refractivity (Wildman–Crippen MR) is 113 cm³/mol. The Morgan fingerprint density at radius 1 is 1.13 bits per heavy atom. The largest absolute Gasteiger partial charge is 0.352 e. The third-order valence-corrected chi connectivity index (χ3v) is 6.43. The number of carbonyl (C=O) groups is 1. The Hall–Kier alpha value is -2.71. The lowest BCUT2D eigenvalue weighted by molar-refractivity contribution is -0.121. The normalized spacial score (nSPS) is 11.4. The summed E-state index contributed by atoms with van der Waals surface area (Å²) in [5.74, 6) is -0.268. The highest BCUT2D eigenvalue weighted by Crippen LogP contribution is 2.18. The van der Waals surface area contributed by atoms with Crippen molar-refractivity contribution in [1.82, 2.24) is 15.5 Å². The fourth-order valence-electron chi connectivity index (χ4n) is 2.84. The van der Waals surface area contributed by atoms with Crippen LogP contribution in [0.4, 0.5) is 0 Å². The number of sulfone groups is 1. The Bertz CT molecular complexity index is 1140. The Balaban J connectivity index is 1.52. The van der Waals surface area contributed by atoms with Gasteiger partial charge in [-0.05, 0) is 49.2 Å². The molecule has 0 fully saturated rings. The smallest absolute Gasteiger partial charge is 0.227 e. The number of nitrogens with zero attached hydrogens (tertiary/aromatic N) is 2. The van der Waals surface area contributed by atoms with E-state index in [0.29, 0.717) is 11.6 Å². The van der Waals surface area contributed by atoms with Crippen LogP contribution in [0.1, 0.15) is 34.8 Å². The molecule has 7 nitrogen and oxygen atoms in total. The van der Waals surface area contributed by atoms with Crippen molar-refractivity contribution in [3.8, 4) is 0 Å². The SMILES string of the molecule is Cc1ccc(C)c(CNC(=O)CCc2nc(CS(=O)(=O)c3ccc(Cl)cc3)no2)c1. The first-order valence-corrected chi connectivity index (χ1v) is 11.4. The zero-order valence-corrected chi connectivity index (χ0v) is 18.3. The molecule has 0 aliphatic heterocycles. The molecular formula is C21H22ClN3O4S. The van der Waals surface area contributed by atoms with Crippen molar-refractivity contribution in [2.24, 2.45) is 0 Å². The van der Waals surface area contributed by atoms with E-state index in [0.717, 1.165) is 16.7 Å². The summed E-state index contributed by atoms with van der Waals surface area (Å²) in [5, 5.41) is 7.04. The number of rotatable bonds is 8. The molecule has 3 rings (SSSR count). The van der Waals surface area contributed by atoms with Crippen molar-refractivity contribution in [2.45, 2.75) is 43.9 Å². The van der Waals surface area contributed by atoms with Crippen molar-refractivity contribution in [2.75, 3.05) is 0 Å². The van der Waals surface area contributed by atoms with Gasteiger partial charge in [0.15, 0.2) is 15.7 Å². The maximum Gasteiger partial charge on any atom is 0.227 e. The van der Waals surface area contributed by atoms with Crippen LogP contribution in [0, 0.1) is 13.8 Å². The maximum absolute atomic E-state index is 12.4. The number of nitrogens with one attached hydrogen (secondary N) is 1. The molecule has 0 saturated carbocycles. The molecule has 0 bridgehead atoms. The molecule has 9 heteroatoms. The number of aryl methyl sites for hydroxylation is 3. The van der Waals surface area contributed by atoms with E-state index in [-0.39, 0.29) is 35.4 Å². The van der Waals surface area contributed by atoms with Crippen LogP contribution in [0.15, 0.2) is 51.9 Å². The lowest BCUT2D eigenvalue weighted by Crippen LogP contribution is -2.23. The number of benzene rings is 2. The summed E-state index contributed by atoms with van der Waals surface area (Å²) in [7, 11) is -3.62. The monoisotopic (exact) mass is 447 g/mol. The van der Waals surface area contributed by atoms with Gasteiger partial charge in [0.25, 0.3) is 0 Å². The lowest BCUT2D eigenvalue weighted by Gasteiger charge is -2.08. The average Bonchev–Trinajstić information content (AvgIpc) is 3.14. The van der Waals surface area contributed by atoms with Gasteiger partial charge in [-0.3, -0.25) is 4.79 Å². The fraction of sp³-hybridized carbons (Fsp3) is 0.286. The quantitative estimate of drug-likeness (QED) is 0.566. The van der Waals surface area contributed by atoms with Gasteiger partial charge in [-0.15, -0.1) is 0 Å². The Kier molecular flexibility index (Phi) is 6.89. The average molecular weight is 448 g/mol. The van der Waals surface area contributed by atoms with Crippen LogP contribution < -0.4 is 5.32 Å². The molecule has 0 aliphatic carbocycles. The van der Waals surface area contributed by atoms with Crippen LogP contribution in [-0.4, -0.2) is 24.5 Å². The predicted octanol–water partition coefficient (Wildman–Crippen LogP) is 3.56. The van der Waals surface area contributed by atoms with Crippen LogP contribution in [0.2, 0.25) is 5.02 Å². The van der Waals surface area contributed by atoms with Crippen molar-refractivity contribution in [3.63, 3.8) is 0 Å². The summed E-state index contributed by atoms with van der Waals surface area (Å²) in [6.45, 7) is 4.45. The fourth-order valence-corrected chi connectivity index (χ4v) is 4.14. The molecule has 1 N–H and O–H groups in total. The van der Waals surface area contributed by atoms with Gasteiger partial charge in [-0.25, -0.2) is 8.42 Å². The minimum Gasteiger partial charge on any atom is -0.352 e. The van der Waals surface area contributed by atoms with Crippen molar-refractivity contribution < 1.29 is 17.7 Å². The second-order valence-corrected chi connectivity index (χ2v) is 9.45. The number of hydrogen-bond donors (Lipinski definition) is 1. The lowest BCUT2D eigenvalue weighted by atomic mass is 10.1. The number of halogens is 1. The van der Waals surface area contributed by atoms with Crippen molar-refractivity contribution in [3.05, 3.63) is 75.9 Å². The first-order chi connectivity index (χ1) is 14.2. The van der Waals surface area contributed by atoms with Gasteiger partial charge >= 0.3 is 0 Å². The summed E-state index contributed by atoms with van der Waals surface area (Å²) in [4.78, 5) is 16.3. The first-order valence-electron chi connectivity index (χ1n) is 9.35. The van der Waals surface area contributed by atoms with E-state index in [1.807, 2.05) is 32.0 Å². The summed E-state index contributed by atoms with van der Waals surface area (Å²) >= 11 is 5.79. The van der Waals surface area contributed by atoms with Crippen LogP contribution in [0.3, 0.4) is 0 Å². The molecule has 1 aromatic heterocycles. The maximum atomic E-state index is 12.4. The molecule has 1 amide bonds. The molecule has 0 aliphatic rings. The van der Waals surface area contributed by atoms with Crippen LogP contribution in [0.25, 0.3) is 0 Å². The zero-order chi connectivity index (χ0) is 21.7. The molecule has 2 aromatic carbocycles. The van der Waals surface area contributed by atoms with E-state index < -0.39 is 15.6 Å². The number of carbonyl (C=O) groups excluding carboxylic acids is 1. The molecular weight excluding hydrogens is 426 g/mol. The van der Waals surface area contributed by atoms with Gasteiger partial charge in [-0.1, -0.05) is 40.5 Å². The summed E-state index contributed by atoms with van der Waals surface area (Å²) in [6.07, 6.45) is 0.392. The molecule has 0 radical (unpaired) electrons. The highest BCUT2D eigenvalue weighted by atomic mass is 35.5. The molecule has 0 spiro atoms. The molecule has 158 valence electrons. The minimum absolute atomic E-state index is 0.0516. The molecule has 30 heavy (non-hydrogen) atoms. The highest BCUT2D eigenvalue weighted by Gasteiger charge is 2.19. The molecule has 0 unspecified atom stereocenters. The van der Waals surface area contributed by atoms with Crippen LogP contribution in [-0.2, 0) is 33.4 Å². The number of aromatic nitrogens is 2. The van der Waals surface area contributed by atoms with E-state index >= 15 is 0 Å². The Morgan fingerprint density at radius 3 is 2.60 bits per heavy atom. The second kappa shape index (κ2) is 9.40. The summed E-state index contributed by atoms with van der Waals surface area (Å²) in [5.41, 5.74) is 3.32. The first kappa shape index (κ1) is 22.0. The van der Waals surface area contributed by atoms with Gasteiger partial charge in [0.2, 0.25) is 11.8 Å². The van der Waals surface area contributed by atoms with Gasteiger partial charge in [-0.2, -0.15) is 4.98 Å². The van der Waals surface area contributed by atoms with Gasteiger partial charge in [0, 0.05) is 24.4 Å². The highest BCUT2D eigenvalue weighted by molar-refractivity contribution is 7.90. The molecule has 0 atom stereocenters. The Morgan fingerprint density at radius 2 is 1.87 bits per heavy atom. The van der Waals surface area contributed by atoms with E-state index in [1.54, 1.807) is 0 Å². The topological polar surface area (TPSA) is 102 Å². The number of amides is 1. The summed E-state index contributed by atoms with van der Waals surface area (Å²) < 4.78 is 29.9. The van der Waals surface area contributed by atoms with E-state index in [1.165, 1.54) is 24.3 Å². The van der Waals surface area contributed by atoms with Crippen LogP contribution in [0.5, 0.6) is 0 Å². The minimum atomic E-state index is -3.62. The Labute approximate surface area is 180 Å². The van der Waals surface area contributed by atoms with Gasteiger partial charge in [0.05, 0.1) is 4.90 Å². The van der Waals surface area contributed by atoms with Gasteiger partial charge in [0.1, 0.15) is 5.75 Å². The molecule has 0 saturated heterocycles. The van der Waals surface area contributed by atoms with Gasteiger partial charge < -0.3 is 9.84 Å². The third kappa shape index (κ3) is 5.90. The summed E-state index contributed by atoms with van der Waals surface area (Å²) in [6, 6.07) is 12.0. The second-order valence-electron chi connectivity index (χ2n) is 7.02. The van der Waals surface area contributed by atoms with E-state index in [4.69, 9.17) is 16.1 Å². The van der Waals surface area contributed by atoms with Crippen LogP contribution >= 0.6 is 11.6 Å². The molecule has 3 aromatic rings. The molecule has 1 heterocycles. The standard InChI is InChI=1S/C21H22ClN3O4S/c1-14-3-4-15(2)16(11-14)12-23-20(26)9-10-21-24-19(25-29-21)13-30(27,28)18-7-5-17(22)6-8-18/h3-8,11H,9-10,12-13H2,1-2H3,(H,23,26). The van der Waals surface area contributed by atoms with Crippen molar-refractivity contribution in [1.29, 1.82) is 0 Å². The van der Waals surface area contributed by atoms with E-state index in [9.17, 15) is 13.2 Å². The van der Waals surface area contributed by atoms with E-state index in [2.05, 4.69) is 15.5 Å². The van der Waals surface area contributed by atoms with Crippen molar-refractivity contribution >= 4 is 27.3 Å².